The summed E-state index contributed by atoms with van der Waals surface area (Å²) in [6, 6.07) is 3.88. The highest BCUT2D eigenvalue weighted by molar-refractivity contribution is 7.91. The van der Waals surface area contributed by atoms with E-state index in [-0.39, 0.29) is 22.0 Å². The number of benzene rings is 1. The van der Waals surface area contributed by atoms with Gasteiger partial charge >= 0.3 is 5.97 Å². The van der Waals surface area contributed by atoms with Gasteiger partial charge in [0.2, 0.25) is 0 Å². The van der Waals surface area contributed by atoms with E-state index >= 15 is 0 Å². The zero-order valence-corrected chi connectivity index (χ0v) is 9.16. The van der Waals surface area contributed by atoms with Crippen LogP contribution >= 0.6 is 0 Å². The van der Waals surface area contributed by atoms with Crippen LogP contribution in [0.2, 0.25) is 0 Å². The number of carboxylic acid groups (broad SMARTS) is 1. The Morgan fingerprint density at radius 2 is 2.12 bits per heavy atom. The van der Waals surface area contributed by atoms with Crippen LogP contribution in [-0.4, -0.2) is 31.9 Å². The molecule has 0 radical (unpaired) electrons. The van der Waals surface area contributed by atoms with Crippen LogP contribution in [0.15, 0.2) is 23.1 Å². The van der Waals surface area contributed by atoms with Crippen LogP contribution in [-0.2, 0) is 9.84 Å². The first-order valence-electron chi connectivity index (χ1n) is 4.73. The van der Waals surface area contributed by atoms with Crippen LogP contribution < -0.4 is 4.74 Å². The molecule has 0 aromatic heterocycles. The Morgan fingerprint density at radius 1 is 1.38 bits per heavy atom. The van der Waals surface area contributed by atoms with E-state index in [9.17, 15) is 13.2 Å². The number of rotatable bonds is 1. The number of ether oxygens (including phenoxy) is 1. The molecule has 5 nitrogen and oxygen atoms in total. The molecule has 1 heterocycles. The van der Waals surface area contributed by atoms with Crippen molar-refractivity contribution in [3.63, 3.8) is 0 Å². The molecule has 0 unspecified atom stereocenters. The molecule has 86 valence electrons. The summed E-state index contributed by atoms with van der Waals surface area (Å²) in [4.78, 5) is 10.7. The fraction of sp³-hybridized carbons (Fsp3) is 0.300. The zero-order chi connectivity index (χ0) is 11.8. The summed E-state index contributed by atoms with van der Waals surface area (Å²) >= 11 is 0. The fourth-order valence-corrected chi connectivity index (χ4v) is 3.00. The van der Waals surface area contributed by atoms with Gasteiger partial charge in [0.15, 0.2) is 9.84 Å². The minimum Gasteiger partial charge on any atom is -0.492 e. The number of hydrogen-bond donors (Lipinski definition) is 1. The molecule has 0 amide bonds. The molecule has 16 heavy (non-hydrogen) atoms. The molecule has 0 bridgehead atoms. The number of hydrogen-bond acceptors (Lipinski definition) is 4. The predicted molar refractivity (Wildman–Crippen MR) is 55.6 cm³/mol. The van der Waals surface area contributed by atoms with Gasteiger partial charge in [0.25, 0.3) is 0 Å². The Hall–Kier alpha value is -1.56. The second-order valence-corrected chi connectivity index (χ2v) is 5.57. The maximum atomic E-state index is 11.8. The summed E-state index contributed by atoms with van der Waals surface area (Å²) in [6.45, 7) is 0.332. The number of carbonyl (C=O) groups is 1. The van der Waals surface area contributed by atoms with Crippen LogP contribution in [0.4, 0.5) is 0 Å². The smallest absolute Gasteiger partial charge is 0.335 e. The lowest BCUT2D eigenvalue weighted by molar-refractivity contribution is 0.0696. The molecule has 0 spiro atoms. The van der Waals surface area contributed by atoms with Crippen molar-refractivity contribution in [1.82, 2.24) is 0 Å². The van der Waals surface area contributed by atoms with Gasteiger partial charge in [-0.3, -0.25) is 0 Å². The number of carboxylic acids is 1. The van der Waals surface area contributed by atoms with Crippen LogP contribution in [0.5, 0.6) is 5.75 Å². The van der Waals surface area contributed by atoms with Gasteiger partial charge in [0, 0.05) is 0 Å². The predicted octanol–water partition coefficient (Wildman–Crippen LogP) is 0.941. The van der Waals surface area contributed by atoms with E-state index in [1.165, 1.54) is 12.1 Å². The molecular weight excluding hydrogens is 232 g/mol. The van der Waals surface area contributed by atoms with Crippen molar-refractivity contribution in [2.75, 3.05) is 12.4 Å². The van der Waals surface area contributed by atoms with Gasteiger partial charge in [-0.15, -0.1) is 0 Å². The van der Waals surface area contributed by atoms with Crippen molar-refractivity contribution in [1.29, 1.82) is 0 Å². The van der Waals surface area contributed by atoms with Gasteiger partial charge in [-0.05, 0) is 24.6 Å². The molecule has 2 rings (SSSR count). The molecule has 6 heteroatoms. The van der Waals surface area contributed by atoms with Gasteiger partial charge in [0.05, 0.1) is 17.9 Å². The second kappa shape index (κ2) is 3.79. The monoisotopic (exact) mass is 242 g/mol. The minimum absolute atomic E-state index is 0.0108. The van der Waals surface area contributed by atoms with Crippen molar-refractivity contribution in [3.8, 4) is 5.75 Å². The molecular formula is C10H10O5S. The van der Waals surface area contributed by atoms with E-state index in [2.05, 4.69) is 0 Å². The molecule has 0 saturated heterocycles. The highest BCUT2D eigenvalue weighted by Crippen LogP contribution is 2.29. The van der Waals surface area contributed by atoms with E-state index in [1.807, 2.05) is 0 Å². The summed E-state index contributed by atoms with van der Waals surface area (Å²) in [6.07, 6.45) is 0.416. The molecule has 0 saturated carbocycles. The summed E-state index contributed by atoms with van der Waals surface area (Å²) in [5.41, 5.74) is -0.0483. The average molecular weight is 242 g/mol. The summed E-state index contributed by atoms with van der Waals surface area (Å²) in [5, 5.41) is 8.79. The summed E-state index contributed by atoms with van der Waals surface area (Å²) in [5.74, 6) is -0.923. The molecule has 1 aliphatic heterocycles. The van der Waals surface area contributed by atoms with E-state index in [0.29, 0.717) is 13.0 Å². The first-order valence-corrected chi connectivity index (χ1v) is 6.39. The van der Waals surface area contributed by atoms with Crippen LogP contribution in [0, 0.1) is 0 Å². The molecule has 1 aliphatic rings. The van der Waals surface area contributed by atoms with E-state index < -0.39 is 15.8 Å². The average Bonchev–Trinajstić information content (AvgIpc) is 2.37. The lowest BCUT2D eigenvalue weighted by atomic mass is 10.2. The van der Waals surface area contributed by atoms with Crippen LogP contribution in [0.1, 0.15) is 16.8 Å². The van der Waals surface area contributed by atoms with Gasteiger partial charge in [0.1, 0.15) is 10.6 Å². The highest BCUT2D eigenvalue weighted by Gasteiger charge is 2.24. The van der Waals surface area contributed by atoms with Gasteiger partial charge in [-0.1, -0.05) is 0 Å². The normalized spacial score (nSPS) is 18.0. The van der Waals surface area contributed by atoms with Crippen molar-refractivity contribution >= 4 is 15.8 Å². The van der Waals surface area contributed by atoms with E-state index in [0.717, 1.165) is 6.07 Å². The van der Waals surface area contributed by atoms with Crippen LogP contribution in [0.3, 0.4) is 0 Å². The second-order valence-electron chi connectivity index (χ2n) is 3.49. The van der Waals surface area contributed by atoms with Gasteiger partial charge in [-0.2, -0.15) is 0 Å². The van der Waals surface area contributed by atoms with Crippen molar-refractivity contribution in [3.05, 3.63) is 23.8 Å². The van der Waals surface area contributed by atoms with Gasteiger partial charge < -0.3 is 9.84 Å². The molecule has 0 atom stereocenters. The standard InChI is InChI=1S/C10H10O5S/c11-10(12)7-2-3-8-9(6-7)16(13,14)5-1-4-15-8/h2-3,6H,1,4-5H2,(H,11,12). The third-order valence-corrected chi connectivity index (χ3v) is 4.16. The summed E-state index contributed by atoms with van der Waals surface area (Å²) < 4.78 is 28.8. The lowest BCUT2D eigenvalue weighted by Crippen LogP contribution is -2.06. The number of fused-ring (bicyclic) bond motifs is 1. The minimum atomic E-state index is -3.42. The molecule has 1 aromatic carbocycles. The Labute approximate surface area is 92.6 Å². The molecule has 1 aromatic rings. The van der Waals surface area contributed by atoms with Crippen LogP contribution in [0.25, 0.3) is 0 Å². The fourth-order valence-electron chi connectivity index (χ4n) is 1.54. The Balaban J connectivity index is 2.62. The lowest BCUT2D eigenvalue weighted by Gasteiger charge is -2.06. The largest absolute Gasteiger partial charge is 0.492 e. The van der Waals surface area contributed by atoms with Crippen molar-refractivity contribution in [2.24, 2.45) is 0 Å². The molecule has 0 fully saturated rings. The Morgan fingerprint density at radius 3 is 2.81 bits per heavy atom. The Bertz CT molecular complexity index is 532. The third-order valence-electron chi connectivity index (χ3n) is 2.34. The molecule has 0 aliphatic carbocycles. The number of sulfone groups is 1. The SMILES string of the molecule is O=C(O)c1ccc2c(c1)S(=O)(=O)CCCO2. The third kappa shape index (κ3) is 1.88. The zero-order valence-electron chi connectivity index (χ0n) is 8.34. The van der Waals surface area contributed by atoms with Crippen molar-refractivity contribution < 1.29 is 23.1 Å². The Kier molecular flexibility index (Phi) is 2.59. The maximum absolute atomic E-state index is 11.8. The van der Waals surface area contributed by atoms with E-state index in [1.54, 1.807) is 0 Å². The first kappa shape index (κ1) is 10.9. The molecule has 1 N–H and O–H groups in total. The maximum Gasteiger partial charge on any atom is 0.335 e. The topological polar surface area (TPSA) is 80.7 Å². The number of aromatic carboxylic acids is 1. The first-order chi connectivity index (χ1) is 7.50. The van der Waals surface area contributed by atoms with E-state index in [4.69, 9.17) is 9.84 Å². The quantitative estimate of drug-likeness (QED) is 0.792. The van der Waals surface area contributed by atoms with Gasteiger partial charge in [-0.25, -0.2) is 13.2 Å². The highest BCUT2D eigenvalue weighted by atomic mass is 32.2. The summed E-state index contributed by atoms with van der Waals surface area (Å²) in [7, 11) is -3.42. The van der Waals surface area contributed by atoms with Crippen molar-refractivity contribution in [2.45, 2.75) is 11.3 Å².